The van der Waals surface area contributed by atoms with Crippen molar-refractivity contribution in [3.05, 3.63) is 59.7 Å². The number of rotatable bonds is 5. The molecular weight excluding hydrogens is 374 g/mol. The van der Waals surface area contributed by atoms with Crippen molar-refractivity contribution in [3.63, 3.8) is 0 Å². The molecule has 0 saturated carbocycles. The zero-order valence-electron chi connectivity index (χ0n) is 15.0. The van der Waals surface area contributed by atoms with E-state index >= 15 is 0 Å². The van der Waals surface area contributed by atoms with Crippen LogP contribution < -0.4 is 0 Å². The number of carbonyl (C=O) groups excluding carboxylic acids is 1. The topological polar surface area (TPSA) is 88.6 Å². The first-order valence-electron chi connectivity index (χ1n) is 7.78. The van der Waals surface area contributed by atoms with Gasteiger partial charge in [0.25, 0.3) is 5.91 Å². The lowest BCUT2D eigenvalue weighted by Gasteiger charge is -2.25. The van der Waals surface area contributed by atoms with Gasteiger partial charge < -0.3 is 4.90 Å². The average molecular weight is 396 g/mol. The SMILES string of the molecule is CC(c1ccc(S(C)(=O)=O)cc1)N(C)C(=O)c1ccc(S(C)(=O)=O)cc1. The molecule has 1 atom stereocenters. The Morgan fingerprint density at radius 1 is 0.808 bits per heavy atom. The first-order valence-corrected chi connectivity index (χ1v) is 11.6. The second-order valence-corrected chi connectivity index (χ2v) is 10.3. The molecule has 0 aliphatic carbocycles. The molecule has 1 amide bonds. The lowest BCUT2D eigenvalue weighted by molar-refractivity contribution is 0.0742. The van der Waals surface area contributed by atoms with Gasteiger partial charge in [-0.25, -0.2) is 16.8 Å². The third-order valence-corrected chi connectivity index (χ3v) is 6.48. The molecule has 2 rings (SSSR count). The van der Waals surface area contributed by atoms with E-state index < -0.39 is 19.7 Å². The molecule has 0 aliphatic rings. The quantitative estimate of drug-likeness (QED) is 0.775. The second kappa shape index (κ2) is 7.20. The van der Waals surface area contributed by atoms with E-state index in [0.29, 0.717) is 5.56 Å². The van der Waals surface area contributed by atoms with Crippen LogP contribution in [0.15, 0.2) is 58.3 Å². The zero-order valence-corrected chi connectivity index (χ0v) is 16.6. The molecule has 8 heteroatoms. The van der Waals surface area contributed by atoms with E-state index in [1.54, 1.807) is 19.2 Å². The van der Waals surface area contributed by atoms with Crippen molar-refractivity contribution in [2.24, 2.45) is 0 Å². The Kier molecular flexibility index (Phi) is 5.58. The number of benzene rings is 2. The maximum absolute atomic E-state index is 12.6. The maximum Gasteiger partial charge on any atom is 0.254 e. The first kappa shape index (κ1) is 20.1. The molecule has 0 radical (unpaired) electrons. The van der Waals surface area contributed by atoms with Crippen LogP contribution in [0, 0.1) is 0 Å². The van der Waals surface area contributed by atoms with E-state index in [0.717, 1.165) is 18.1 Å². The van der Waals surface area contributed by atoms with E-state index in [2.05, 4.69) is 0 Å². The van der Waals surface area contributed by atoms with E-state index in [1.807, 2.05) is 6.92 Å². The van der Waals surface area contributed by atoms with Gasteiger partial charge in [-0.3, -0.25) is 4.79 Å². The molecular formula is C18H21NO5S2. The molecule has 26 heavy (non-hydrogen) atoms. The molecule has 0 aliphatic heterocycles. The minimum absolute atomic E-state index is 0.154. The molecule has 0 bridgehead atoms. The predicted octanol–water partition coefficient (Wildman–Crippen LogP) is 2.33. The Morgan fingerprint density at radius 2 is 1.19 bits per heavy atom. The fourth-order valence-electron chi connectivity index (χ4n) is 2.44. The van der Waals surface area contributed by atoms with E-state index in [9.17, 15) is 21.6 Å². The highest BCUT2D eigenvalue weighted by Crippen LogP contribution is 2.23. The van der Waals surface area contributed by atoms with Gasteiger partial charge in [-0.15, -0.1) is 0 Å². The van der Waals surface area contributed by atoms with Crippen molar-refractivity contribution in [1.29, 1.82) is 0 Å². The standard InChI is InChI=1S/C18H21NO5S2/c1-13(14-5-9-16(10-6-14)25(3,21)22)19(2)18(20)15-7-11-17(12-8-15)26(4,23)24/h5-13H,1-4H3. The summed E-state index contributed by atoms with van der Waals surface area (Å²) in [6, 6.07) is 11.9. The molecule has 0 heterocycles. The largest absolute Gasteiger partial charge is 0.335 e. The number of carbonyl (C=O) groups is 1. The van der Waals surface area contributed by atoms with Gasteiger partial charge >= 0.3 is 0 Å². The lowest BCUT2D eigenvalue weighted by atomic mass is 10.1. The fraction of sp³-hybridized carbons (Fsp3) is 0.278. The van der Waals surface area contributed by atoms with Crippen LogP contribution in [0.3, 0.4) is 0 Å². The highest BCUT2D eigenvalue weighted by Gasteiger charge is 2.20. The summed E-state index contributed by atoms with van der Waals surface area (Å²) in [4.78, 5) is 14.5. The van der Waals surface area contributed by atoms with Crippen LogP contribution >= 0.6 is 0 Å². The van der Waals surface area contributed by atoms with Gasteiger partial charge in [0.1, 0.15) is 0 Å². The third kappa shape index (κ3) is 4.50. The van der Waals surface area contributed by atoms with E-state index in [-0.39, 0.29) is 21.7 Å². The van der Waals surface area contributed by atoms with Gasteiger partial charge in [-0.05, 0) is 48.9 Å². The Morgan fingerprint density at radius 3 is 1.58 bits per heavy atom. The number of sulfone groups is 2. The van der Waals surface area contributed by atoms with Gasteiger partial charge in [0.15, 0.2) is 19.7 Å². The van der Waals surface area contributed by atoms with Gasteiger partial charge in [0, 0.05) is 25.1 Å². The summed E-state index contributed by atoms with van der Waals surface area (Å²) in [7, 11) is -4.94. The minimum Gasteiger partial charge on any atom is -0.335 e. The second-order valence-electron chi connectivity index (χ2n) is 6.23. The summed E-state index contributed by atoms with van der Waals surface area (Å²) in [6.45, 7) is 1.83. The van der Waals surface area contributed by atoms with Gasteiger partial charge in [-0.2, -0.15) is 0 Å². The Hall–Kier alpha value is -2.19. The van der Waals surface area contributed by atoms with Crippen molar-refractivity contribution in [1.82, 2.24) is 4.90 Å². The molecule has 0 N–H and O–H groups in total. The summed E-state index contributed by atoms with van der Waals surface area (Å²) in [5.74, 6) is -0.259. The third-order valence-electron chi connectivity index (χ3n) is 4.22. The van der Waals surface area contributed by atoms with Crippen molar-refractivity contribution >= 4 is 25.6 Å². The van der Waals surface area contributed by atoms with Crippen molar-refractivity contribution in [2.75, 3.05) is 19.6 Å². The Bertz CT molecular complexity index is 1010. The van der Waals surface area contributed by atoms with Gasteiger partial charge in [0.2, 0.25) is 0 Å². The lowest BCUT2D eigenvalue weighted by Crippen LogP contribution is -2.29. The Balaban J connectivity index is 2.21. The summed E-state index contributed by atoms with van der Waals surface area (Å²) >= 11 is 0. The van der Waals surface area contributed by atoms with Gasteiger partial charge in [-0.1, -0.05) is 12.1 Å². The van der Waals surface area contributed by atoms with Crippen LogP contribution in [0.2, 0.25) is 0 Å². The van der Waals surface area contributed by atoms with Crippen molar-refractivity contribution in [3.8, 4) is 0 Å². The van der Waals surface area contributed by atoms with E-state index in [1.165, 1.54) is 41.3 Å². The molecule has 0 aromatic heterocycles. The summed E-state index contributed by atoms with van der Waals surface area (Å²) in [5.41, 5.74) is 1.17. The first-order chi connectivity index (χ1) is 11.9. The summed E-state index contributed by atoms with van der Waals surface area (Å²) < 4.78 is 46.1. The normalized spacial score (nSPS) is 13.2. The Labute approximate surface area is 154 Å². The number of amides is 1. The molecule has 0 spiro atoms. The van der Waals surface area contributed by atoms with E-state index in [4.69, 9.17) is 0 Å². The van der Waals surface area contributed by atoms with Crippen LogP contribution in [-0.4, -0.2) is 47.2 Å². The number of nitrogens with zero attached hydrogens (tertiary/aromatic N) is 1. The average Bonchev–Trinajstić information content (AvgIpc) is 2.58. The molecule has 2 aromatic carbocycles. The molecule has 6 nitrogen and oxygen atoms in total. The molecule has 2 aromatic rings. The summed E-state index contributed by atoms with van der Waals surface area (Å²) in [5, 5.41) is 0. The monoisotopic (exact) mass is 395 g/mol. The molecule has 140 valence electrons. The number of hydrogen-bond donors (Lipinski definition) is 0. The van der Waals surface area contributed by atoms with Gasteiger partial charge in [0.05, 0.1) is 15.8 Å². The highest BCUT2D eigenvalue weighted by molar-refractivity contribution is 7.91. The van der Waals surface area contributed by atoms with Crippen molar-refractivity contribution < 1.29 is 21.6 Å². The van der Waals surface area contributed by atoms with Crippen LogP contribution in [0.1, 0.15) is 28.9 Å². The van der Waals surface area contributed by atoms with Crippen LogP contribution in [-0.2, 0) is 19.7 Å². The smallest absolute Gasteiger partial charge is 0.254 e. The minimum atomic E-state index is -3.32. The van der Waals surface area contributed by atoms with Crippen LogP contribution in [0.5, 0.6) is 0 Å². The summed E-state index contributed by atoms with van der Waals surface area (Å²) in [6.07, 6.45) is 2.25. The zero-order chi connectivity index (χ0) is 19.7. The van der Waals surface area contributed by atoms with Crippen LogP contribution in [0.4, 0.5) is 0 Å². The molecule has 0 fully saturated rings. The predicted molar refractivity (Wildman–Crippen MR) is 99.6 cm³/mol. The fourth-order valence-corrected chi connectivity index (χ4v) is 3.70. The maximum atomic E-state index is 12.6. The highest BCUT2D eigenvalue weighted by atomic mass is 32.2. The molecule has 1 unspecified atom stereocenters. The molecule has 0 saturated heterocycles. The van der Waals surface area contributed by atoms with Crippen molar-refractivity contribution in [2.45, 2.75) is 22.8 Å². The van der Waals surface area contributed by atoms with Crippen LogP contribution in [0.25, 0.3) is 0 Å². The number of hydrogen-bond acceptors (Lipinski definition) is 5.